The largest absolute Gasteiger partial charge is 0.490 e. The van der Waals surface area contributed by atoms with Crippen LogP contribution < -0.4 is 20.1 Å². The Kier molecular flexibility index (Phi) is 7.88. The number of nitrogens with zero attached hydrogens (tertiary/aromatic N) is 1. The number of ether oxygens (including phenoxy) is 2. The van der Waals surface area contributed by atoms with Gasteiger partial charge in [0.25, 0.3) is 5.91 Å². The second kappa shape index (κ2) is 10.6. The van der Waals surface area contributed by atoms with Crippen LogP contribution in [0.2, 0.25) is 0 Å². The van der Waals surface area contributed by atoms with Crippen molar-refractivity contribution in [3.05, 3.63) is 53.6 Å². The van der Waals surface area contributed by atoms with Gasteiger partial charge in [0.1, 0.15) is 11.6 Å². The van der Waals surface area contributed by atoms with Crippen LogP contribution in [0.15, 0.2) is 48.0 Å². The molecule has 9 heteroatoms. The molecule has 0 spiro atoms. The van der Waals surface area contributed by atoms with Gasteiger partial charge in [-0.3, -0.25) is 9.59 Å². The summed E-state index contributed by atoms with van der Waals surface area (Å²) in [6.45, 7) is 0.262. The van der Waals surface area contributed by atoms with Gasteiger partial charge < -0.3 is 20.1 Å². The van der Waals surface area contributed by atoms with Crippen LogP contribution in [0.4, 0.5) is 20.2 Å². The van der Waals surface area contributed by atoms with E-state index in [1.807, 2.05) is 0 Å². The predicted molar refractivity (Wildman–Crippen MR) is 107 cm³/mol. The van der Waals surface area contributed by atoms with E-state index in [9.17, 15) is 23.6 Å². The highest BCUT2D eigenvalue weighted by molar-refractivity contribution is 6.09. The second-order valence-corrected chi connectivity index (χ2v) is 5.90. The van der Waals surface area contributed by atoms with E-state index >= 15 is 0 Å². The SMILES string of the molecule is CCOc1cc(/C=C(\C#N)C(=O)Nc2ccc(NC(C)=O)cc2)ccc1OC(F)F. The van der Waals surface area contributed by atoms with Crippen LogP contribution in [0, 0.1) is 11.3 Å². The zero-order chi connectivity index (χ0) is 22.1. The first-order valence-electron chi connectivity index (χ1n) is 8.84. The summed E-state index contributed by atoms with van der Waals surface area (Å²) in [7, 11) is 0. The van der Waals surface area contributed by atoms with E-state index in [0.717, 1.165) is 0 Å². The van der Waals surface area contributed by atoms with Crippen LogP contribution in [-0.4, -0.2) is 25.0 Å². The molecule has 0 aliphatic rings. The highest BCUT2D eigenvalue weighted by atomic mass is 19.3. The van der Waals surface area contributed by atoms with Crippen molar-refractivity contribution in [2.24, 2.45) is 0 Å². The first kappa shape index (κ1) is 22.4. The van der Waals surface area contributed by atoms with Gasteiger partial charge in [-0.1, -0.05) is 6.07 Å². The number of benzene rings is 2. The van der Waals surface area contributed by atoms with Gasteiger partial charge >= 0.3 is 6.61 Å². The molecule has 0 saturated heterocycles. The van der Waals surface area contributed by atoms with Gasteiger partial charge in [0.2, 0.25) is 5.91 Å². The molecule has 2 rings (SSSR count). The molecule has 2 aromatic rings. The monoisotopic (exact) mass is 415 g/mol. The fourth-order valence-corrected chi connectivity index (χ4v) is 2.43. The number of nitrogens with one attached hydrogen (secondary N) is 2. The standard InChI is InChI=1S/C21H19F2N3O4/c1-3-29-19-11-14(4-9-18(19)30-21(22)23)10-15(12-24)20(28)26-17-7-5-16(6-8-17)25-13(2)27/h4-11,21H,3H2,1-2H3,(H,25,27)(H,26,28)/b15-10+. The van der Waals surface area contributed by atoms with Crippen molar-refractivity contribution in [2.75, 3.05) is 17.2 Å². The van der Waals surface area contributed by atoms with Crippen LogP contribution >= 0.6 is 0 Å². The van der Waals surface area contributed by atoms with Crippen molar-refractivity contribution >= 4 is 29.3 Å². The lowest BCUT2D eigenvalue weighted by Gasteiger charge is -2.12. The second-order valence-electron chi connectivity index (χ2n) is 5.90. The third-order valence-electron chi connectivity index (χ3n) is 3.62. The Hall–Kier alpha value is -3.93. The predicted octanol–water partition coefficient (Wildman–Crippen LogP) is 4.19. The van der Waals surface area contributed by atoms with E-state index in [4.69, 9.17) is 4.74 Å². The zero-order valence-corrected chi connectivity index (χ0v) is 16.2. The van der Waals surface area contributed by atoms with E-state index in [1.54, 1.807) is 37.3 Å². The molecule has 2 N–H and O–H groups in total. The Morgan fingerprint density at radius 2 is 1.73 bits per heavy atom. The molecule has 0 aromatic heterocycles. The van der Waals surface area contributed by atoms with E-state index in [0.29, 0.717) is 16.9 Å². The van der Waals surface area contributed by atoms with Crippen molar-refractivity contribution in [1.29, 1.82) is 5.26 Å². The number of amides is 2. The van der Waals surface area contributed by atoms with Crippen molar-refractivity contribution in [3.63, 3.8) is 0 Å². The minimum absolute atomic E-state index is 0.0674. The fourth-order valence-electron chi connectivity index (χ4n) is 2.43. The van der Waals surface area contributed by atoms with E-state index in [-0.39, 0.29) is 29.6 Å². The smallest absolute Gasteiger partial charge is 0.387 e. The lowest BCUT2D eigenvalue weighted by molar-refractivity contribution is -0.114. The third-order valence-corrected chi connectivity index (χ3v) is 3.62. The van der Waals surface area contributed by atoms with E-state index in [2.05, 4.69) is 15.4 Å². The molecule has 0 heterocycles. The van der Waals surface area contributed by atoms with Crippen molar-refractivity contribution in [2.45, 2.75) is 20.5 Å². The summed E-state index contributed by atoms with van der Waals surface area (Å²) in [5.41, 5.74) is 1.18. The molecule has 0 aliphatic heterocycles. The minimum atomic E-state index is -3.01. The number of alkyl halides is 2. The molecule has 0 aliphatic carbocycles. The first-order valence-corrected chi connectivity index (χ1v) is 8.84. The number of nitriles is 1. The topological polar surface area (TPSA) is 100 Å². The fraction of sp³-hybridized carbons (Fsp3) is 0.190. The normalized spacial score (nSPS) is 10.9. The summed E-state index contributed by atoms with van der Waals surface area (Å²) in [6.07, 6.45) is 1.30. The average Bonchev–Trinajstić information content (AvgIpc) is 2.69. The van der Waals surface area contributed by atoms with Gasteiger partial charge in [-0.15, -0.1) is 0 Å². The molecule has 0 unspecified atom stereocenters. The number of halogens is 2. The molecule has 0 fully saturated rings. The van der Waals surface area contributed by atoms with Gasteiger partial charge in [0, 0.05) is 18.3 Å². The molecular weight excluding hydrogens is 396 g/mol. The molecule has 0 atom stereocenters. The summed E-state index contributed by atoms with van der Waals surface area (Å²) < 4.78 is 34.7. The minimum Gasteiger partial charge on any atom is -0.490 e. The zero-order valence-electron chi connectivity index (χ0n) is 16.2. The lowest BCUT2D eigenvalue weighted by atomic mass is 10.1. The molecule has 0 bridgehead atoms. The van der Waals surface area contributed by atoms with Crippen LogP contribution in [0.5, 0.6) is 11.5 Å². The number of hydrogen-bond donors (Lipinski definition) is 2. The Morgan fingerprint density at radius 1 is 1.10 bits per heavy atom. The number of rotatable bonds is 8. The third kappa shape index (κ3) is 6.60. The summed E-state index contributed by atoms with van der Waals surface area (Å²) in [5.74, 6) is -0.961. The van der Waals surface area contributed by atoms with Crippen molar-refractivity contribution in [3.8, 4) is 17.6 Å². The molecular formula is C21H19F2N3O4. The molecule has 156 valence electrons. The number of carbonyl (C=O) groups excluding carboxylic acids is 2. The summed E-state index contributed by atoms with van der Waals surface area (Å²) in [5, 5.41) is 14.5. The van der Waals surface area contributed by atoms with Crippen LogP contribution in [0.25, 0.3) is 6.08 Å². The van der Waals surface area contributed by atoms with Crippen molar-refractivity contribution < 1.29 is 27.8 Å². The summed E-state index contributed by atoms with van der Waals surface area (Å²) in [4.78, 5) is 23.4. The van der Waals surface area contributed by atoms with Crippen LogP contribution in [0.3, 0.4) is 0 Å². The quantitative estimate of drug-likeness (QED) is 0.497. The summed E-state index contributed by atoms with van der Waals surface area (Å²) >= 11 is 0. The lowest BCUT2D eigenvalue weighted by Crippen LogP contribution is -2.13. The first-order chi connectivity index (χ1) is 14.3. The number of hydrogen-bond acceptors (Lipinski definition) is 5. The Morgan fingerprint density at radius 3 is 2.27 bits per heavy atom. The highest BCUT2D eigenvalue weighted by Gasteiger charge is 2.13. The molecule has 0 saturated carbocycles. The maximum absolute atomic E-state index is 12.5. The molecule has 2 aromatic carbocycles. The van der Waals surface area contributed by atoms with Gasteiger partial charge in [0.15, 0.2) is 11.5 Å². The van der Waals surface area contributed by atoms with E-state index in [1.165, 1.54) is 31.2 Å². The van der Waals surface area contributed by atoms with Gasteiger partial charge in [-0.2, -0.15) is 14.0 Å². The maximum Gasteiger partial charge on any atom is 0.387 e. The highest BCUT2D eigenvalue weighted by Crippen LogP contribution is 2.30. The van der Waals surface area contributed by atoms with Gasteiger partial charge in [-0.25, -0.2) is 0 Å². The maximum atomic E-state index is 12.5. The summed E-state index contributed by atoms with van der Waals surface area (Å²) in [6, 6.07) is 12.2. The molecule has 30 heavy (non-hydrogen) atoms. The van der Waals surface area contributed by atoms with Crippen LogP contribution in [-0.2, 0) is 9.59 Å². The molecule has 7 nitrogen and oxygen atoms in total. The van der Waals surface area contributed by atoms with Crippen LogP contribution in [0.1, 0.15) is 19.4 Å². The van der Waals surface area contributed by atoms with Crippen molar-refractivity contribution in [1.82, 2.24) is 0 Å². The number of anilines is 2. The molecule has 2 amide bonds. The Bertz CT molecular complexity index is 983. The Balaban J connectivity index is 2.19. The van der Waals surface area contributed by atoms with Gasteiger partial charge in [-0.05, 0) is 55.0 Å². The molecule has 0 radical (unpaired) electrons. The Labute approximate surface area is 171 Å². The van der Waals surface area contributed by atoms with Gasteiger partial charge in [0.05, 0.1) is 6.61 Å². The van der Waals surface area contributed by atoms with E-state index < -0.39 is 12.5 Å². The average molecular weight is 415 g/mol. The number of carbonyl (C=O) groups is 2.